The third kappa shape index (κ3) is 3.96. The second-order valence-electron chi connectivity index (χ2n) is 4.36. The molecule has 0 aliphatic heterocycles. The number of aliphatic carboxylic acids is 1. The van der Waals surface area contributed by atoms with E-state index in [0.717, 1.165) is 5.56 Å². The zero-order valence-electron chi connectivity index (χ0n) is 10.6. The summed E-state index contributed by atoms with van der Waals surface area (Å²) in [6.45, 7) is 0.213. The summed E-state index contributed by atoms with van der Waals surface area (Å²) in [5, 5.41) is 9.54. The van der Waals surface area contributed by atoms with Crippen LogP contribution >= 0.6 is 11.6 Å². The molecule has 0 spiro atoms. The van der Waals surface area contributed by atoms with Crippen molar-refractivity contribution in [2.75, 3.05) is 11.4 Å². The zero-order chi connectivity index (χ0) is 14.5. The van der Waals surface area contributed by atoms with Crippen LogP contribution in [-0.2, 0) is 11.3 Å². The molecule has 0 bridgehead atoms. The SMILES string of the molecule is O=C(O)CN(Cc1ccc(F)cc1)c1cccc(Cl)c1. The third-order valence-corrected chi connectivity index (χ3v) is 3.02. The Balaban J connectivity index is 2.23. The standard InChI is InChI=1S/C15H13ClFNO2/c16-12-2-1-3-14(8-12)18(10-15(19)20)9-11-4-6-13(17)7-5-11/h1-8H,9-10H2,(H,19,20). The predicted molar refractivity (Wildman–Crippen MR) is 76.5 cm³/mol. The fourth-order valence-corrected chi connectivity index (χ4v) is 2.07. The first kappa shape index (κ1) is 14.3. The number of benzene rings is 2. The summed E-state index contributed by atoms with van der Waals surface area (Å²) in [5.41, 5.74) is 1.54. The van der Waals surface area contributed by atoms with Crippen LogP contribution in [0.1, 0.15) is 5.56 Å². The van der Waals surface area contributed by atoms with Crippen molar-refractivity contribution < 1.29 is 14.3 Å². The van der Waals surface area contributed by atoms with Gasteiger partial charge in [-0.3, -0.25) is 4.79 Å². The zero-order valence-corrected chi connectivity index (χ0v) is 11.3. The van der Waals surface area contributed by atoms with Crippen LogP contribution in [0.4, 0.5) is 10.1 Å². The highest BCUT2D eigenvalue weighted by Crippen LogP contribution is 2.21. The maximum atomic E-state index is 12.9. The maximum Gasteiger partial charge on any atom is 0.323 e. The van der Waals surface area contributed by atoms with E-state index >= 15 is 0 Å². The molecule has 0 radical (unpaired) electrons. The molecule has 104 valence electrons. The van der Waals surface area contributed by atoms with Crippen molar-refractivity contribution in [3.63, 3.8) is 0 Å². The van der Waals surface area contributed by atoms with E-state index in [0.29, 0.717) is 17.3 Å². The number of hydrogen-bond acceptors (Lipinski definition) is 2. The highest BCUT2D eigenvalue weighted by molar-refractivity contribution is 6.30. The van der Waals surface area contributed by atoms with E-state index in [4.69, 9.17) is 16.7 Å². The molecule has 0 atom stereocenters. The van der Waals surface area contributed by atoms with Crippen LogP contribution < -0.4 is 4.90 Å². The largest absolute Gasteiger partial charge is 0.480 e. The third-order valence-electron chi connectivity index (χ3n) is 2.79. The molecule has 0 fully saturated rings. The van der Waals surface area contributed by atoms with E-state index in [1.165, 1.54) is 12.1 Å². The van der Waals surface area contributed by atoms with E-state index < -0.39 is 5.97 Å². The second-order valence-corrected chi connectivity index (χ2v) is 4.79. The van der Waals surface area contributed by atoms with Crippen LogP contribution in [0.15, 0.2) is 48.5 Å². The Labute approximate surface area is 121 Å². The highest BCUT2D eigenvalue weighted by Gasteiger charge is 2.12. The average molecular weight is 294 g/mol. The van der Waals surface area contributed by atoms with Crippen LogP contribution in [0.5, 0.6) is 0 Å². The lowest BCUT2D eigenvalue weighted by molar-refractivity contribution is -0.135. The Kier molecular flexibility index (Phi) is 4.58. The number of carboxylic acid groups (broad SMARTS) is 1. The van der Waals surface area contributed by atoms with Gasteiger partial charge in [-0.15, -0.1) is 0 Å². The fraction of sp³-hybridized carbons (Fsp3) is 0.133. The molecule has 0 amide bonds. The minimum absolute atomic E-state index is 0.155. The molecule has 1 N–H and O–H groups in total. The van der Waals surface area contributed by atoms with E-state index in [-0.39, 0.29) is 12.4 Å². The van der Waals surface area contributed by atoms with Crippen molar-refractivity contribution in [1.29, 1.82) is 0 Å². The van der Waals surface area contributed by atoms with Gasteiger partial charge in [0.15, 0.2) is 0 Å². The molecular formula is C15H13ClFNO2. The van der Waals surface area contributed by atoms with Gasteiger partial charge in [0, 0.05) is 17.3 Å². The van der Waals surface area contributed by atoms with Crippen molar-refractivity contribution in [3.05, 3.63) is 64.9 Å². The minimum atomic E-state index is -0.938. The van der Waals surface area contributed by atoms with Crippen LogP contribution in [0.2, 0.25) is 5.02 Å². The quantitative estimate of drug-likeness (QED) is 0.916. The number of carbonyl (C=O) groups is 1. The number of nitrogens with zero attached hydrogens (tertiary/aromatic N) is 1. The van der Waals surface area contributed by atoms with Crippen molar-refractivity contribution >= 4 is 23.3 Å². The molecule has 2 aromatic carbocycles. The molecule has 3 nitrogen and oxygen atoms in total. The molecule has 0 aromatic heterocycles. The fourth-order valence-electron chi connectivity index (χ4n) is 1.88. The van der Waals surface area contributed by atoms with Crippen LogP contribution in [0.3, 0.4) is 0 Å². The smallest absolute Gasteiger partial charge is 0.323 e. The van der Waals surface area contributed by atoms with Crippen molar-refractivity contribution in [2.45, 2.75) is 6.54 Å². The number of halogens is 2. The van der Waals surface area contributed by atoms with Gasteiger partial charge in [-0.2, -0.15) is 0 Å². The Morgan fingerprint density at radius 2 is 1.90 bits per heavy atom. The molecule has 2 aromatic rings. The van der Waals surface area contributed by atoms with Gasteiger partial charge in [-0.25, -0.2) is 4.39 Å². The molecule has 2 rings (SSSR count). The number of hydrogen-bond donors (Lipinski definition) is 1. The normalized spacial score (nSPS) is 10.3. The molecule has 0 saturated carbocycles. The van der Waals surface area contributed by atoms with Gasteiger partial charge in [-0.1, -0.05) is 29.8 Å². The van der Waals surface area contributed by atoms with E-state index in [2.05, 4.69) is 0 Å². The molecule has 20 heavy (non-hydrogen) atoms. The summed E-state index contributed by atoms with van der Waals surface area (Å²) in [6, 6.07) is 13.0. The summed E-state index contributed by atoms with van der Waals surface area (Å²) in [5.74, 6) is -1.26. The van der Waals surface area contributed by atoms with Gasteiger partial charge in [-0.05, 0) is 35.9 Å². The van der Waals surface area contributed by atoms with Crippen LogP contribution in [0, 0.1) is 5.82 Å². The van der Waals surface area contributed by atoms with Crippen molar-refractivity contribution in [3.8, 4) is 0 Å². The average Bonchev–Trinajstić information content (AvgIpc) is 2.40. The molecule has 0 saturated heterocycles. The summed E-state index contributed by atoms with van der Waals surface area (Å²) in [4.78, 5) is 12.6. The summed E-state index contributed by atoms with van der Waals surface area (Å²) >= 11 is 5.93. The van der Waals surface area contributed by atoms with Crippen LogP contribution in [-0.4, -0.2) is 17.6 Å². The maximum absolute atomic E-state index is 12.9. The Morgan fingerprint density at radius 1 is 1.20 bits per heavy atom. The molecule has 0 unspecified atom stereocenters. The van der Waals surface area contributed by atoms with E-state index in [1.54, 1.807) is 41.3 Å². The number of carboxylic acids is 1. The Morgan fingerprint density at radius 3 is 2.50 bits per heavy atom. The lowest BCUT2D eigenvalue weighted by Crippen LogP contribution is -2.29. The van der Waals surface area contributed by atoms with E-state index in [1.807, 2.05) is 0 Å². The van der Waals surface area contributed by atoms with E-state index in [9.17, 15) is 9.18 Å². The summed E-state index contributed by atoms with van der Waals surface area (Å²) < 4.78 is 12.9. The van der Waals surface area contributed by atoms with Crippen molar-refractivity contribution in [2.24, 2.45) is 0 Å². The first-order valence-corrected chi connectivity index (χ1v) is 6.39. The lowest BCUT2D eigenvalue weighted by atomic mass is 10.2. The lowest BCUT2D eigenvalue weighted by Gasteiger charge is -2.23. The second kappa shape index (κ2) is 6.39. The number of rotatable bonds is 5. The van der Waals surface area contributed by atoms with Gasteiger partial charge in [0.2, 0.25) is 0 Å². The monoisotopic (exact) mass is 293 g/mol. The minimum Gasteiger partial charge on any atom is -0.480 e. The molecule has 5 heteroatoms. The first-order chi connectivity index (χ1) is 9.54. The molecule has 0 aliphatic rings. The van der Waals surface area contributed by atoms with Gasteiger partial charge >= 0.3 is 5.97 Å². The molecule has 0 heterocycles. The molecular weight excluding hydrogens is 281 g/mol. The Hall–Kier alpha value is -2.07. The van der Waals surface area contributed by atoms with Gasteiger partial charge in [0.25, 0.3) is 0 Å². The van der Waals surface area contributed by atoms with Gasteiger partial charge in [0.1, 0.15) is 12.4 Å². The number of anilines is 1. The van der Waals surface area contributed by atoms with Crippen LogP contribution in [0.25, 0.3) is 0 Å². The molecule has 0 aliphatic carbocycles. The highest BCUT2D eigenvalue weighted by atomic mass is 35.5. The Bertz CT molecular complexity index is 601. The van der Waals surface area contributed by atoms with Gasteiger partial charge < -0.3 is 10.0 Å². The topological polar surface area (TPSA) is 40.5 Å². The van der Waals surface area contributed by atoms with Gasteiger partial charge in [0.05, 0.1) is 0 Å². The predicted octanol–water partition coefficient (Wildman–Crippen LogP) is 3.57. The summed E-state index contributed by atoms with van der Waals surface area (Å²) in [7, 11) is 0. The summed E-state index contributed by atoms with van der Waals surface area (Å²) in [6.07, 6.45) is 0. The van der Waals surface area contributed by atoms with Crippen molar-refractivity contribution in [1.82, 2.24) is 0 Å². The first-order valence-electron chi connectivity index (χ1n) is 6.01.